The molecule has 3 rings (SSSR count). The normalized spacial score (nSPS) is 13.4. The summed E-state index contributed by atoms with van der Waals surface area (Å²) in [7, 11) is 2.49. The predicted molar refractivity (Wildman–Crippen MR) is 102 cm³/mol. The number of hydrogen-bond donors (Lipinski definition) is 1. The summed E-state index contributed by atoms with van der Waals surface area (Å²) in [5.41, 5.74) is 1.03. The number of ether oxygens (including phenoxy) is 4. The maximum atomic E-state index is 12.9. The molecule has 0 radical (unpaired) electrons. The van der Waals surface area contributed by atoms with Crippen LogP contribution in [0.5, 0.6) is 23.0 Å². The minimum absolute atomic E-state index is 0.132. The molecule has 0 saturated heterocycles. The van der Waals surface area contributed by atoms with Gasteiger partial charge in [-0.05, 0) is 18.2 Å². The van der Waals surface area contributed by atoms with Crippen LogP contribution in [0.1, 0.15) is 0 Å². The monoisotopic (exact) mass is 394 g/mol. The van der Waals surface area contributed by atoms with Gasteiger partial charge in [0.1, 0.15) is 12.4 Å². The average Bonchev–Trinajstić information content (AvgIpc) is 2.66. The van der Waals surface area contributed by atoms with Crippen molar-refractivity contribution >= 4 is 21.4 Å². The van der Waals surface area contributed by atoms with E-state index < -0.39 is 10.0 Å². The van der Waals surface area contributed by atoms with E-state index in [2.05, 4.69) is 4.72 Å². The van der Waals surface area contributed by atoms with Crippen molar-refractivity contribution in [3.63, 3.8) is 0 Å². The second-order valence-corrected chi connectivity index (χ2v) is 7.60. The first-order valence-corrected chi connectivity index (χ1v) is 9.68. The fourth-order valence-corrected chi connectivity index (χ4v) is 3.91. The van der Waals surface area contributed by atoms with Gasteiger partial charge in [-0.3, -0.25) is 4.72 Å². The number of anilines is 2. The molecule has 1 N–H and O–H groups in total. The zero-order valence-electron chi connectivity index (χ0n) is 15.6. The Labute approximate surface area is 158 Å². The third-order valence-electron chi connectivity index (χ3n) is 4.25. The van der Waals surface area contributed by atoms with E-state index in [-0.39, 0.29) is 4.90 Å². The van der Waals surface area contributed by atoms with Crippen LogP contribution in [0.3, 0.4) is 0 Å². The highest BCUT2D eigenvalue weighted by Gasteiger charge is 2.22. The van der Waals surface area contributed by atoms with Gasteiger partial charge in [0.05, 0.1) is 44.1 Å². The van der Waals surface area contributed by atoms with E-state index in [9.17, 15) is 8.42 Å². The van der Waals surface area contributed by atoms with Gasteiger partial charge < -0.3 is 23.8 Å². The minimum Gasteiger partial charge on any atom is -0.493 e. The standard InChI is InChI=1S/C18H22N2O6S/c1-20-7-8-26-15-6-5-13(11-14(15)20)27(21,22)19-12-9-16(23-2)18(25-4)17(10-12)24-3/h5-6,9-11,19H,7-8H2,1-4H3. The van der Waals surface area contributed by atoms with Crippen LogP contribution >= 0.6 is 0 Å². The molecule has 8 nitrogen and oxygen atoms in total. The van der Waals surface area contributed by atoms with Gasteiger partial charge in [0, 0.05) is 19.2 Å². The fourth-order valence-electron chi connectivity index (χ4n) is 2.85. The molecule has 0 aromatic heterocycles. The van der Waals surface area contributed by atoms with E-state index >= 15 is 0 Å². The molecule has 0 atom stereocenters. The van der Waals surface area contributed by atoms with Crippen LogP contribution < -0.4 is 28.6 Å². The van der Waals surface area contributed by atoms with Gasteiger partial charge in [-0.15, -0.1) is 0 Å². The number of nitrogens with zero attached hydrogens (tertiary/aromatic N) is 1. The van der Waals surface area contributed by atoms with E-state index in [4.69, 9.17) is 18.9 Å². The molecule has 0 bridgehead atoms. The fraction of sp³-hybridized carbons (Fsp3) is 0.333. The molecule has 0 amide bonds. The smallest absolute Gasteiger partial charge is 0.261 e. The quantitative estimate of drug-likeness (QED) is 0.805. The molecule has 0 saturated carbocycles. The highest BCUT2D eigenvalue weighted by Crippen LogP contribution is 2.40. The number of likely N-dealkylation sites (N-methyl/N-ethyl adjacent to an activating group) is 1. The summed E-state index contributed by atoms with van der Waals surface area (Å²) in [6.07, 6.45) is 0. The summed E-state index contributed by atoms with van der Waals surface area (Å²) in [5.74, 6) is 1.76. The van der Waals surface area contributed by atoms with Gasteiger partial charge in [0.2, 0.25) is 5.75 Å². The topological polar surface area (TPSA) is 86.3 Å². The van der Waals surface area contributed by atoms with Crippen LogP contribution in [0.4, 0.5) is 11.4 Å². The van der Waals surface area contributed by atoms with E-state index in [1.165, 1.54) is 39.5 Å². The van der Waals surface area contributed by atoms with Crippen molar-refractivity contribution in [3.8, 4) is 23.0 Å². The van der Waals surface area contributed by atoms with Gasteiger partial charge in [-0.2, -0.15) is 0 Å². The molecule has 1 heterocycles. The zero-order valence-corrected chi connectivity index (χ0v) is 16.4. The Morgan fingerprint density at radius 3 is 2.30 bits per heavy atom. The van der Waals surface area contributed by atoms with Crippen molar-refractivity contribution < 1.29 is 27.4 Å². The van der Waals surface area contributed by atoms with Crippen LogP contribution in [-0.2, 0) is 10.0 Å². The third-order valence-corrected chi connectivity index (χ3v) is 5.63. The van der Waals surface area contributed by atoms with Gasteiger partial charge in [0.15, 0.2) is 11.5 Å². The maximum Gasteiger partial charge on any atom is 0.261 e. The Morgan fingerprint density at radius 1 is 1.04 bits per heavy atom. The Hall–Kier alpha value is -2.81. The number of benzene rings is 2. The van der Waals surface area contributed by atoms with Crippen molar-refractivity contribution in [2.75, 3.05) is 51.2 Å². The Morgan fingerprint density at radius 2 is 1.70 bits per heavy atom. The van der Waals surface area contributed by atoms with Gasteiger partial charge in [0.25, 0.3) is 10.0 Å². The van der Waals surface area contributed by atoms with E-state index in [0.717, 1.165) is 5.69 Å². The van der Waals surface area contributed by atoms with Crippen LogP contribution in [0, 0.1) is 0 Å². The molecule has 0 aliphatic carbocycles. The third kappa shape index (κ3) is 3.68. The van der Waals surface area contributed by atoms with E-state index in [1.54, 1.807) is 12.1 Å². The molecule has 1 aliphatic rings. The molecule has 0 unspecified atom stereocenters. The number of sulfonamides is 1. The van der Waals surface area contributed by atoms with Gasteiger partial charge in [-0.25, -0.2) is 8.42 Å². The lowest BCUT2D eigenvalue weighted by molar-refractivity contribution is 0.311. The lowest BCUT2D eigenvalue weighted by Gasteiger charge is -2.28. The Kier molecular flexibility index (Phi) is 5.22. The molecule has 27 heavy (non-hydrogen) atoms. The van der Waals surface area contributed by atoms with Crippen molar-refractivity contribution in [1.82, 2.24) is 0 Å². The average molecular weight is 394 g/mol. The van der Waals surface area contributed by atoms with E-state index in [0.29, 0.717) is 41.8 Å². The molecule has 1 aliphatic heterocycles. The van der Waals surface area contributed by atoms with Gasteiger partial charge >= 0.3 is 0 Å². The Bertz CT molecular complexity index is 920. The largest absolute Gasteiger partial charge is 0.493 e. The summed E-state index contributed by atoms with van der Waals surface area (Å²) < 4.78 is 49.6. The lowest BCUT2D eigenvalue weighted by Crippen LogP contribution is -2.29. The van der Waals surface area contributed by atoms with Crippen molar-refractivity contribution in [3.05, 3.63) is 30.3 Å². The molecule has 2 aromatic rings. The lowest BCUT2D eigenvalue weighted by atomic mass is 10.2. The summed E-state index contributed by atoms with van der Waals surface area (Å²) in [5, 5.41) is 0. The van der Waals surface area contributed by atoms with Crippen LogP contribution in [0.15, 0.2) is 35.2 Å². The predicted octanol–water partition coefficient (Wildman–Crippen LogP) is 2.34. The molecule has 146 valence electrons. The number of hydrogen-bond acceptors (Lipinski definition) is 7. The minimum atomic E-state index is -3.82. The maximum absolute atomic E-state index is 12.9. The highest BCUT2D eigenvalue weighted by molar-refractivity contribution is 7.92. The Balaban J connectivity index is 1.96. The summed E-state index contributed by atoms with van der Waals surface area (Å²) in [6.45, 7) is 1.26. The molecule has 2 aromatic carbocycles. The number of fused-ring (bicyclic) bond motifs is 1. The number of methoxy groups -OCH3 is 3. The zero-order chi connectivity index (χ0) is 19.6. The van der Waals surface area contributed by atoms with Crippen LogP contribution in [0.2, 0.25) is 0 Å². The van der Waals surface area contributed by atoms with Crippen LogP contribution in [0.25, 0.3) is 0 Å². The van der Waals surface area contributed by atoms with Crippen molar-refractivity contribution in [1.29, 1.82) is 0 Å². The summed E-state index contributed by atoms with van der Waals surface area (Å²) >= 11 is 0. The molecule has 0 fully saturated rings. The first-order valence-electron chi connectivity index (χ1n) is 8.20. The van der Waals surface area contributed by atoms with Crippen molar-refractivity contribution in [2.24, 2.45) is 0 Å². The van der Waals surface area contributed by atoms with Crippen molar-refractivity contribution in [2.45, 2.75) is 4.90 Å². The highest BCUT2D eigenvalue weighted by atomic mass is 32.2. The van der Waals surface area contributed by atoms with Gasteiger partial charge in [-0.1, -0.05) is 0 Å². The number of rotatable bonds is 6. The van der Waals surface area contributed by atoms with Crippen LogP contribution in [-0.4, -0.2) is 49.9 Å². The number of nitrogens with one attached hydrogen (secondary N) is 1. The molecular weight excluding hydrogens is 372 g/mol. The summed E-state index contributed by atoms with van der Waals surface area (Å²) in [4.78, 5) is 2.09. The first-order chi connectivity index (χ1) is 12.9. The summed E-state index contributed by atoms with van der Waals surface area (Å²) in [6, 6.07) is 7.83. The first kappa shape index (κ1) is 19.0. The van der Waals surface area contributed by atoms with E-state index in [1.807, 2.05) is 11.9 Å². The molecule has 9 heteroatoms. The molecular formula is C18H22N2O6S. The second kappa shape index (κ2) is 7.43. The SMILES string of the molecule is COc1cc(NS(=O)(=O)c2ccc3c(c2)N(C)CCO3)cc(OC)c1OC. The molecule has 0 spiro atoms. The second-order valence-electron chi connectivity index (χ2n) is 5.92.